The van der Waals surface area contributed by atoms with Crippen molar-refractivity contribution in [3.05, 3.63) is 0 Å². The summed E-state index contributed by atoms with van der Waals surface area (Å²) in [4.78, 5) is 2.78. The molecular formula is C19H40N2. The molecule has 2 heteroatoms. The van der Waals surface area contributed by atoms with Gasteiger partial charge in [-0.25, -0.2) is 0 Å². The molecule has 0 aromatic heterocycles. The lowest BCUT2D eigenvalue weighted by Gasteiger charge is -2.46. The van der Waals surface area contributed by atoms with E-state index in [4.69, 9.17) is 0 Å². The van der Waals surface area contributed by atoms with Crippen molar-refractivity contribution in [3.8, 4) is 0 Å². The standard InChI is InChI=1S/C19H40N2/c1-8-11-20-18-10-9-17(15(4)5)12-19(18)21(16(6)7)13-14(2)3/h14-20H,8-13H2,1-7H3. The third kappa shape index (κ3) is 5.90. The van der Waals surface area contributed by atoms with E-state index in [9.17, 15) is 0 Å². The molecule has 0 aliphatic heterocycles. The van der Waals surface area contributed by atoms with Gasteiger partial charge in [0.1, 0.15) is 0 Å². The first-order valence-electron chi connectivity index (χ1n) is 9.35. The van der Waals surface area contributed by atoms with Gasteiger partial charge < -0.3 is 5.32 Å². The molecule has 1 saturated carbocycles. The summed E-state index contributed by atoms with van der Waals surface area (Å²) in [5.41, 5.74) is 0. The van der Waals surface area contributed by atoms with Crippen LogP contribution in [0.1, 0.15) is 74.1 Å². The minimum absolute atomic E-state index is 0.647. The van der Waals surface area contributed by atoms with Crippen LogP contribution in [0.5, 0.6) is 0 Å². The smallest absolute Gasteiger partial charge is 0.0254 e. The Morgan fingerprint density at radius 1 is 1.05 bits per heavy atom. The Morgan fingerprint density at radius 2 is 1.71 bits per heavy atom. The van der Waals surface area contributed by atoms with Gasteiger partial charge in [-0.3, -0.25) is 4.90 Å². The average molecular weight is 297 g/mol. The number of hydrogen-bond donors (Lipinski definition) is 1. The summed E-state index contributed by atoms with van der Waals surface area (Å²) < 4.78 is 0. The zero-order valence-corrected chi connectivity index (χ0v) is 15.7. The lowest BCUT2D eigenvalue weighted by atomic mass is 9.76. The summed E-state index contributed by atoms with van der Waals surface area (Å²) in [7, 11) is 0. The molecule has 0 spiro atoms. The Hall–Kier alpha value is -0.0800. The van der Waals surface area contributed by atoms with Crippen LogP contribution < -0.4 is 5.32 Å². The Balaban J connectivity index is 2.83. The molecular weight excluding hydrogens is 256 g/mol. The van der Waals surface area contributed by atoms with Crippen molar-refractivity contribution in [3.63, 3.8) is 0 Å². The van der Waals surface area contributed by atoms with Gasteiger partial charge in [-0.15, -0.1) is 0 Å². The van der Waals surface area contributed by atoms with Crippen molar-refractivity contribution in [2.24, 2.45) is 17.8 Å². The summed E-state index contributed by atoms with van der Waals surface area (Å²) >= 11 is 0. The SMILES string of the molecule is CCCNC1CCC(C(C)C)CC1N(CC(C)C)C(C)C. The molecule has 0 amide bonds. The van der Waals surface area contributed by atoms with Gasteiger partial charge in [0, 0.05) is 24.7 Å². The van der Waals surface area contributed by atoms with E-state index in [1.54, 1.807) is 0 Å². The minimum Gasteiger partial charge on any atom is -0.312 e. The van der Waals surface area contributed by atoms with Gasteiger partial charge in [-0.2, -0.15) is 0 Å². The molecule has 0 heterocycles. The van der Waals surface area contributed by atoms with Gasteiger partial charge in [-0.1, -0.05) is 34.6 Å². The molecule has 1 N–H and O–H groups in total. The van der Waals surface area contributed by atoms with Crippen LogP contribution in [0.3, 0.4) is 0 Å². The van der Waals surface area contributed by atoms with E-state index in [1.165, 1.54) is 38.8 Å². The highest BCUT2D eigenvalue weighted by Crippen LogP contribution is 2.34. The summed E-state index contributed by atoms with van der Waals surface area (Å²) in [6, 6.07) is 2.07. The van der Waals surface area contributed by atoms with Crippen LogP contribution in [-0.2, 0) is 0 Å². The molecule has 1 aliphatic rings. The minimum atomic E-state index is 0.647. The van der Waals surface area contributed by atoms with E-state index in [-0.39, 0.29) is 0 Å². The second-order valence-corrected chi connectivity index (χ2v) is 8.13. The molecule has 2 nitrogen and oxygen atoms in total. The van der Waals surface area contributed by atoms with Crippen molar-refractivity contribution in [2.45, 2.75) is 92.3 Å². The van der Waals surface area contributed by atoms with Crippen LogP contribution in [0.15, 0.2) is 0 Å². The fraction of sp³-hybridized carbons (Fsp3) is 1.00. The predicted octanol–water partition coefficient (Wildman–Crippen LogP) is 4.55. The normalized spacial score (nSPS) is 27.3. The molecule has 3 atom stereocenters. The molecule has 0 aromatic rings. The third-order valence-corrected chi connectivity index (χ3v) is 5.12. The first-order chi connectivity index (χ1) is 9.86. The number of hydrogen-bond acceptors (Lipinski definition) is 2. The zero-order valence-electron chi connectivity index (χ0n) is 15.7. The Kier molecular flexibility index (Phi) is 8.26. The maximum Gasteiger partial charge on any atom is 0.0254 e. The molecule has 1 fully saturated rings. The van der Waals surface area contributed by atoms with Gasteiger partial charge >= 0.3 is 0 Å². The molecule has 0 aromatic carbocycles. The van der Waals surface area contributed by atoms with Gasteiger partial charge in [-0.05, 0) is 63.8 Å². The van der Waals surface area contributed by atoms with Crippen molar-refractivity contribution in [2.75, 3.05) is 13.1 Å². The van der Waals surface area contributed by atoms with Crippen LogP contribution in [0, 0.1) is 17.8 Å². The van der Waals surface area contributed by atoms with Crippen LogP contribution in [0.4, 0.5) is 0 Å². The average Bonchev–Trinajstić information content (AvgIpc) is 2.41. The first-order valence-corrected chi connectivity index (χ1v) is 9.35. The molecule has 3 unspecified atom stereocenters. The first kappa shape index (κ1) is 19.0. The van der Waals surface area contributed by atoms with Crippen LogP contribution in [0.2, 0.25) is 0 Å². The Bertz CT molecular complexity index is 273. The lowest BCUT2D eigenvalue weighted by molar-refractivity contribution is 0.0514. The maximum absolute atomic E-state index is 3.85. The van der Waals surface area contributed by atoms with Crippen molar-refractivity contribution >= 4 is 0 Å². The summed E-state index contributed by atoms with van der Waals surface area (Å²) in [6.07, 6.45) is 5.38. The molecule has 21 heavy (non-hydrogen) atoms. The topological polar surface area (TPSA) is 15.3 Å². The Morgan fingerprint density at radius 3 is 2.19 bits per heavy atom. The highest BCUT2D eigenvalue weighted by Gasteiger charge is 2.36. The van der Waals surface area contributed by atoms with Gasteiger partial charge in [0.05, 0.1) is 0 Å². The molecule has 0 saturated heterocycles. The van der Waals surface area contributed by atoms with Gasteiger partial charge in [0.15, 0.2) is 0 Å². The molecule has 126 valence electrons. The molecule has 1 rings (SSSR count). The fourth-order valence-corrected chi connectivity index (χ4v) is 3.87. The quantitative estimate of drug-likeness (QED) is 0.707. The van der Waals surface area contributed by atoms with Gasteiger partial charge in [0.2, 0.25) is 0 Å². The highest BCUT2D eigenvalue weighted by molar-refractivity contribution is 4.93. The highest BCUT2D eigenvalue weighted by atomic mass is 15.2. The summed E-state index contributed by atoms with van der Waals surface area (Å²) in [6.45, 7) is 18.9. The van der Waals surface area contributed by atoms with E-state index in [2.05, 4.69) is 58.7 Å². The largest absolute Gasteiger partial charge is 0.312 e. The fourth-order valence-electron chi connectivity index (χ4n) is 3.87. The molecule has 1 aliphatic carbocycles. The summed E-state index contributed by atoms with van der Waals surface area (Å²) in [5, 5.41) is 3.85. The zero-order chi connectivity index (χ0) is 16.0. The number of nitrogens with one attached hydrogen (secondary N) is 1. The lowest BCUT2D eigenvalue weighted by Crippen LogP contribution is -2.56. The molecule has 0 bridgehead atoms. The van der Waals surface area contributed by atoms with E-state index in [1.807, 2.05) is 0 Å². The second-order valence-electron chi connectivity index (χ2n) is 8.13. The van der Waals surface area contributed by atoms with Crippen LogP contribution in [-0.4, -0.2) is 36.1 Å². The van der Waals surface area contributed by atoms with Crippen molar-refractivity contribution in [1.29, 1.82) is 0 Å². The number of rotatable bonds is 8. The van der Waals surface area contributed by atoms with Crippen LogP contribution >= 0.6 is 0 Å². The number of nitrogens with zero attached hydrogens (tertiary/aromatic N) is 1. The second kappa shape index (κ2) is 9.15. The summed E-state index contributed by atoms with van der Waals surface area (Å²) in [5.74, 6) is 2.48. The van der Waals surface area contributed by atoms with E-state index < -0.39 is 0 Å². The van der Waals surface area contributed by atoms with E-state index >= 15 is 0 Å². The third-order valence-electron chi connectivity index (χ3n) is 5.12. The molecule has 0 radical (unpaired) electrons. The van der Waals surface area contributed by atoms with Crippen molar-refractivity contribution < 1.29 is 0 Å². The maximum atomic E-state index is 3.85. The Labute approximate surface area is 134 Å². The van der Waals surface area contributed by atoms with E-state index in [0.29, 0.717) is 12.1 Å². The van der Waals surface area contributed by atoms with Gasteiger partial charge in [0.25, 0.3) is 0 Å². The van der Waals surface area contributed by atoms with Crippen LogP contribution in [0.25, 0.3) is 0 Å². The van der Waals surface area contributed by atoms with E-state index in [0.717, 1.165) is 23.8 Å². The van der Waals surface area contributed by atoms with Crippen molar-refractivity contribution in [1.82, 2.24) is 10.2 Å². The monoisotopic (exact) mass is 296 g/mol. The predicted molar refractivity (Wildman–Crippen MR) is 94.7 cm³/mol.